The summed E-state index contributed by atoms with van der Waals surface area (Å²) in [4.78, 5) is 50.6. The second kappa shape index (κ2) is 6.99. The minimum atomic E-state index is -0.419. The van der Waals surface area contributed by atoms with Gasteiger partial charge in [0.1, 0.15) is 11.4 Å². The number of aromatic nitrogens is 4. The van der Waals surface area contributed by atoms with Crippen LogP contribution in [0.3, 0.4) is 0 Å². The van der Waals surface area contributed by atoms with Gasteiger partial charge in [-0.2, -0.15) is 0 Å². The molecule has 0 spiro atoms. The third kappa shape index (κ3) is 3.14. The highest BCUT2D eigenvalue weighted by Gasteiger charge is 2.23. The Hall–Kier alpha value is -2.94. The third-order valence-electron chi connectivity index (χ3n) is 4.46. The molecule has 0 aliphatic carbocycles. The third-order valence-corrected chi connectivity index (χ3v) is 5.43. The topological polar surface area (TPSA) is 101 Å². The molecule has 0 saturated carbocycles. The number of carbonyl (C=O) groups is 1. The number of amides is 1. The first-order chi connectivity index (χ1) is 13.1. The molecule has 1 aliphatic rings. The van der Waals surface area contributed by atoms with Crippen LogP contribution in [0.15, 0.2) is 45.2 Å². The number of aromatic amines is 1. The number of nitrogens with zero attached hydrogens (tertiary/aromatic N) is 4. The molecule has 1 aromatic carbocycles. The number of rotatable bonds is 4. The van der Waals surface area contributed by atoms with Crippen LogP contribution in [0.4, 0.5) is 0 Å². The molecule has 9 heteroatoms. The molecule has 0 atom stereocenters. The molecule has 138 valence electrons. The zero-order valence-corrected chi connectivity index (χ0v) is 15.5. The van der Waals surface area contributed by atoms with E-state index in [1.807, 2.05) is 6.92 Å². The predicted octanol–water partition coefficient (Wildman–Crippen LogP) is 1.25. The average molecular weight is 383 g/mol. The van der Waals surface area contributed by atoms with E-state index in [1.54, 1.807) is 24.3 Å². The van der Waals surface area contributed by atoms with E-state index in [1.165, 1.54) is 27.4 Å². The number of thioether (sulfide) groups is 1. The van der Waals surface area contributed by atoms with Crippen LogP contribution in [0, 0.1) is 0 Å². The summed E-state index contributed by atoms with van der Waals surface area (Å²) in [6, 6.07) is 7.02. The zero-order chi connectivity index (χ0) is 19.0. The Morgan fingerprint density at radius 2 is 2.15 bits per heavy atom. The smallest absolute Gasteiger partial charge is 0.267 e. The lowest BCUT2D eigenvalue weighted by molar-refractivity contribution is 0.0745. The van der Waals surface area contributed by atoms with Crippen LogP contribution in [-0.2, 0) is 13.1 Å². The van der Waals surface area contributed by atoms with E-state index in [2.05, 4.69) is 15.0 Å². The van der Waals surface area contributed by atoms with Crippen LogP contribution < -0.4 is 11.1 Å². The van der Waals surface area contributed by atoms with Crippen molar-refractivity contribution in [1.29, 1.82) is 0 Å². The fraction of sp³-hybridized carbons (Fsp3) is 0.278. The number of nitrogens with one attached hydrogen (secondary N) is 1. The van der Waals surface area contributed by atoms with Gasteiger partial charge >= 0.3 is 0 Å². The van der Waals surface area contributed by atoms with Crippen LogP contribution >= 0.6 is 11.8 Å². The molecule has 2 aromatic heterocycles. The van der Waals surface area contributed by atoms with Gasteiger partial charge in [-0.05, 0) is 19.1 Å². The lowest BCUT2D eigenvalue weighted by Gasteiger charge is -2.20. The zero-order valence-electron chi connectivity index (χ0n) is 14.6. The van der Waals surface area contributed by atoms with Gasteiger partial charge in [0.2, 0.25) is 0 Å². The van der Waals surface area contributed by atoms with Crippen LogP contribution in [-0.4, -0.2) is 42.6 Å². The van der Waals surface area contributed by atoms with Crippen molar-refractivity contribution in [2.24, 2.45) is 0 Å². The Bertz CT molecular complexity index is 1150. The van der Waals surface area contributed by atoms with Gasteiger partial charge < -0.3 is 9.88 Å². The molecule has 0 radical (unpaired) electrons. The summed E-state index contributed by atoms with van der Waals surface area (Å²) >= 11 is 1.50. The minimum Gasteiger partial charge on any atom is -0.331 e. The molecular formula is C18H17N5O3S. The normalized spacial score (nSPS) is 12.9. The quantitative estimate of drug-likeness (QED) is 0.681. The maximum absolute atomic E-state index is 12.9. The summed E-state index contributed by atoms with van der Waals surface area (Å²) < 4.78 is 1.53. The van der Waals surface area contributed by atoms with E-state index < -0.39 is 5.91 Å². The fourth-order valence-corrected chi connectivity index (χ4v) is 3.97. The molecule has 3 heterocycles. The molecule has 4 rings (SSSR count). The number of hydrogen-bond donors (Lipinski definition) is 1. The molecule has 0 fully saturated rings. The van der Waals surface area contributed by atoms with Crippen molar-refractivity contribution in [3.8, 4) is 0 Å². The predicted molar refractivity (Wildman–Crippen MR) is 102 cm³/mol. The monoisotopic (exact) mass is 383 g/mol. The van der Waals surface area contributed by atoms with Gasteiger partial charge in [0, 0.05) is 25.0 Å². The van der Waals surface area contributed by atoms with Gasteiger partial charge in [-0.1, -0.05) is 23.9 Å². The minimum absolute atomic E-state index is 0.0336. The van der Waals surface area contributed by atoms with E-state index >= 15 is 0 Å². The van der Waals surface area contributed by atoms with Gasteiger partial charge in [0.25, 0.3) is 17.0 Å². The number of carbonyl (C=O) groups excluding carboxylic acids is 1. The van der Waals surface area contributed by atoms with Crippen LogP contribution in [0.25, 0.3) is 10.9 Å². The Kier molecular flexibility index (Phi) is 4.53. The molecule has 0 unspecified atom stereocenters. The first-order valence-electron chi connectivity index (χ1n) is 8.58. The number of benzene rings is 1. The highest BCUT2D eigenvalue weighted by Crippen LogP contribution is 2.20. The SMILES string of the molecule is CCN(Cc1nc2ccccc2c(=O)[nH]1)C(=O)c1cnc2n(c1=O)CCS2. The summed E-state index contributed by atoms with van der Waals surface area (Å²) in [5.41, 5.74) is 0.0195. The van der Waals surface area contributed by atoms with Crippen molar-refractivity contribution < 1.29 is 4.79 Å². The summed E-state index contributed by atoms with van der Waals surface area (Å²) in [6.45, 7) is 2.83. The summed E-state index contributed by atoms with van der Waals surface area (Å²) in [7, 11) is 0. The molecule has 0 bridgehead atoms. The first-order valence-corrected chi connectivity index (χ1v) is 9.57. The maximum Gasteiger partial charge on any atom is 0.267 e. The first kappa shape index (κ1) is 17.5. The van der Waals surface area contributed by atoms with Crippen LogP contribution in [0.5, 0.6) is 0 Å². The largest absolute Gasteiger partial charge is 0.331 e. The Labute approximate surface area is 158 Å². The van der Waals surface area contributed by atoms with Gasteiger partial charge in [-0.15, -0.1) is 0 Å². The average Bonchev–Trinajstić information content (AvgIpc) is 3.16. The number of para-hydroxylation sites is 1. The summed E-state index contributed by atoms with van der Waals surface area (Å²) in [5.74, 6) is 0.733. The van der Waals surface area contributed by atoms with Gasteiger partial charge in [0.15, 0.2) is 5.16 Å². The molecule has 1 N–H and O–H groups in total. The number of fused-ring (bicyclic) bond motifs is 2. The Balaban J connectivity index is 1.66. The molecule has 1 aliphatic heterocycles. The van der Waals surface area contributed by atoms with Crippen molar-refractivity contribution in [2.75, 3.05) is 12.3 Å². The van der Waals surface area contributed by atoms with Crippen LogP contribution in [0.1, 0.15) is 23.1 Å². The van der Waals surface area contributed by atoms with Crippen molar-refractivity contribution >= 4 is 28.6 Å². The van der Waals surface area contributed by atoms with E-state index in [4.69, 9.17) is 0 Å². The standard InChI is InChI=1S/C18H17N5O3S/c1-2-22(10-14-20-13-6-4-3-5-11(13)15(24)21-14)16(25)12-9-19-18-23(17(12)26)7-8-27-18/h3-6,9H,2,7-8,10H2,1H3,(H,20,21,24). The molecule has 27 heavy (non-hydrogen) atoms. The lowest BCUT2D eigenvalue weighted by atomic mass is 10.2. The van der Waals surface area contributed by atoms with E-state index in [0.29, 0.717) is 35.0 Å². The van der Waals surface area contributed by atoms with Gasteiger partial charge in [-0.3, -0.25) is 19.0 Å². The molecule has 8 nitrogen and oxygen atoms in total. The lowest BCUT2D eigenvalue weighted by Crippen LogP contribution is -2.37. The van der Waals surface area contributed by atoms with E-state index in [9.17, 15) is 14.4 Å². The molecule has 0 saturated heterocycles. The Morgan fingerprint density at radius 3 is 2.96 bits per heavy atom. The van der Waals surface area contributed by atoms with E-state index in [0.717, 1.165) is 5.75 Å². The molecule has 3 aromatic rings. The number of H-pyrrole nitrogens is 1. The summed E-state index contributed by atoms with van der Waals surface area (Å²) in [6.07, 6.45) is 1.34. The highest BCUT2D eigenvalue weighted by atomic mass is 32.2. The van der Waals surface area contributed by atoms with Crippen molar-refractivity contribution in [3.05, 3.63) is 62.6 Å². The van der Waals surface area contributed by atoms with Crippen LogP contribution in [0.2, 0.25) is 0 Å². The van der Waals surface area contributed by atoms with Crippen molar-refractivity contribution in [1.82, 2.24) is 24.4 Å². The van der Waals surface area contributed by atoms with Crippen molar-refractivity contribution in [2.45, 2.75) is 25.2 Å². The second-order valence-electron chi connectivity index (χ2n) is 6.11. The number of hydrogen-bond acceptors (Lipinski definition) is 6. The van der Waals surface area contributed by atoms with Crippen molar-refractivity contribution in [3.63, 3.8) is 0 Å². The molecule has 1 amide bonds. The highest BCUT2D eigenvalue weighted by molar-refractivity contribution is 7.99. The Morgan fingerprint density at radius 1 is 1.33 bits per heavy atom. The maximum atomic E-state index is 12.9. The van der Waals surface area contributed by atoms with Gasteiger partial charge in [0.05, 0.1) is 17.4 Å². The van der Waals surface area contributed by atoms with Gasteiger partial charge in [-0.25, -0.2) is 9.97 Å². The van der Waals surface area contributed by atoms with E-state index in [-0.39, 0.29) is 23.2 Å². The molecular weight excluding hydrogens is 366 g/mol. The second-order valence-corrected chi connectivity index (χ2v) is 7.17. The fourth-order valence-electron chi connectivity index (χ4n) is 3.05. The summed E-state index contributed by atoms with van der Waals surface area (Å²) in [5, 5.41) is 1.13.